The molecule has 2 N–H and O–H groups in total. The van der Waals surface area contributed by atoms with Gasteiger partial charge in [0.05, 0.1) is 12.8 Å². The maximum absolute atomic E-state index is 12.6. The lowest BCUT2D eigenvalue weighted by atomic mass is 10.2. The fraction of sp³-hybridized carbons (Fsp3) is 0.0625. The summed E-state index contributed by atoms with van der Waals surface area (Å²) in [5.41, 5.74) is 1.60. The zero-order chi connectivity index (χ0) is 17.2. The van der Waals surface area contributed by atoms with Crippen molar-refractivity contribution >= 4 is 27.4 Å². The first-order chi connectivity index (χ1) is 11.5. The van der Waals surface area contributed by atoms with Crippen LogP contribution in [0.2, 0.25) is 5.02 Å². The summed E-state index contributed by atoms with van der Waals surface area (Å²) in [6, 6.07) is 15.5. The van der Waals surface area contributed by atoms with E-state index in [4.69, 9.17) is 16.3 Å². The van der Waals surface area contributed by atoms with Crippen molar-refractivity contribution in [1.29, 1.82) is 0 Å². The zero-order valence-electron chi connectivity index (χ0n) is 12.7. The van der Waals surface area contributed by atoms with Crippen molar-refractivity contribution in [2.24, 2.45) is 0 Å². The lowest BCUT2D eigenvalue weighted by Crippen LogP contribution is -2.14. The van der Waals surface area contributed by atoms with Crippen molar-refractivity contribution in [3.8, 4) is 17.0 Å². The van der Waals surface area contributed by atoms with Gasteiger partial charge in [-0.05, 0) is 23.8 Å². The fourth-order valence-electron chi connectivity index (χ4n) is 2.19. The Morgan fingerprint density at radius 3 is 2.58 bits per heavy atom. The van der Waals surface area contributed by atoms with Crippen LogP contribution in [-0.2, 0) is 10.0 Å². The molecule has 0 aliphatic carbocycles. The first kappa shape index (κ1) is 16.4. The van der Waals surface area contributed by atoms with Crippen LogP contribution in [0, 0.1) is 0 Å². The lowest BCUT2D eigenvalue weighted by Gasteiger charge is -2.10. The van der Waals surface area contributed by atoms with Gasteiger partial charge in [0.2, 0.25) is 0 Å². The molecule has 0 aliphatic rings. The van der Waals surface area contributed by atoms with E-state index in [1.807, 2.05) is 30.3 Å². The molecule has 124 valence electrons. The number of anilines is 1. The van der Waals surface area contributed by atoms with Gasteiger partial charge in [-0.25, -0.2) is 8.42 Å². The number of ether oxygens (including phenoxy) is 1. The van der Waals surface area contributed by atoms with Crippen LogP contribution in [-0.4, -0.2) is 25.7 Å². The predicted molar refractivity (Wildman–Crippen MR) is 92.8 cm³/mol. The standard InChI is InChI=1S/C16H14ClN3O3S/c1-23-14-8-7-12(17)9-15(14)24(21,22)20-16-10-13(18-19-16)11-5-3-2-4-6-11/h2-10H,1H3,(H2,18,19,20). The second-order valence-electron chi connectivity index (χ2n) is 4.93. The van der Waals surface area contributed by atoms with Crippen molar-refractivity contribution in [2.45, 2.75) is 4.90 Å². The number of hydrogen-bond donors (Lipinski definition) is 2. The minimum absolute atomic E-state index is 0.0539. The van der Waals surface area contributed by atoms with Gasteiger partial charge in [-0.2, -0.15) is 5.10 Å². The van der Waals surface area contributed by atoms with Gasteiger partial charge in [-0.15, -0.1) is 0 Å². The summed E-state index contributed by atoms with van der Waals surface area (Å²) < 4.78 is 32.7. The quantitative estimate of drug-likeness (QED) is 0.726. The smallest absolute Gasteiger partial charge is 0.266 e. The Kier molecular flexibility index (Phi) is 4.46. The van der Waals surface area contributed by atoms with Crippen molar-refractivity contribution in [1.82, 2.24) is 10.2 Å². The summed E-state index contributed by atoms with van der Waals surface area (Å²) >= 11 is 5.90. The Morgan fingerprint density at radius 1 is 1.12 bits per heavy atom. The van der Waals surface area contributed by atoms with E-state index in [2.05, 4.69) is 14.9 Å². The molecule has 0 bridgehead atoms. The first-order valence-corrected chi connectivity index (χ1v) is 8.83. The largest absolute Gasteiger partial charge is 0.495 e. The van der Waals surface area contributed by atoms with E-state index in [1.54, 1.807) is 12.1 Å². The molecular formula is C16H14ClN3O3S. The summed E-state index contributed by atoms with van der Waals surface area (Å²) in [6.07, 6.45) is 0. The minimum Gasteiger partial charge on any atom is -0.495 e. The molecular weight excluding hydrogens is 350 g/mol. The Balaban J connectivity index is 1.91. The van der Waals surface area contributed by atoms with Crippen LogP contribution in [0.3, 0.4) is 0 Å². The number of hydrogen-bond acceptors (Lipinski definition) is 4. The van der Waals surface area contributed by atoms with Gasteiger partial charge in [-0.3, -0.25) is 9.82 Å². The molecule has 0 atom stereocenters. The van der Waals surface area contributed by atoms with Crippen LogP contribution in [0.4, 0.5) is 5.82 Å². The van der Waals surface area contributed by atoms with Crippen molar-refractivity contribution < 1.29 is 13.2 Å². The van der Waals surface area contributed by atoms with Gasteiger partial charge in [0.1, 0.15) is 10.6 Å². The molecule has 0 saturated carbocycles. The van der Waals surface area contributed by atoms with Crippen molar-refractivity contribution in [2.75, 3.05) is 11.8 Å². The molecule has 8 heteroatoms. The number of benzene rings is 2. The minimum atomic E-state index is -3.89. The SMILES string of the molecule is COc1ccc(Cl)cc1S(=O)(=O)Nc1cc(-c2ccccc2)[nH]n1. The molecule has 0 fully saturated rings. The molecule has 0 unspecified atom stereocenters. The molecule has 0 spiro atoms. The second-order valence-corrected chi connectivity index (χ2v) is 7.02. The number of aromatic nitrogens is 2. The normalized spacial score (nSPS) is 11.2. The van der Waals surface area contributed by atoms with Crippen LogP contribution in [0.15, 0.2) is 59.5 Å². The topological polar surface area (TPSA) is 84.1 Å². The Morgan fingerprint density at radius 2 is 1.88 bits per heavy atom. The van der Waals surface area contributed by atoms with Gasteiger partial charge in [-0.1, -0.05) is 41.9 Å². The number of rotatable bonds is 5. The van der Waals surface area contributed by atoms with E-state index in [1.165, 1.54) is 19.2 Å². The molecule has 1 heterocycles. The van der Waals surface area contributed by atoms with Crippen LogP contribution in [0.5, 0.6) is 5.75 Å². The average molecular weight is 364 g/mol. The van der Waals surface area contributed by atoms with Crippen molar-refractivity contribution in [3.63, 3.8) is 0 Å². The van der Waals surface area contributed by atoms with Crippen LogP contribution in [0.1, 0.15) is 0 Å². The highest BCUT2D eigenvalue weighted by Crippen LogP contribution is 2.29. The maximum Gasteiger partial charge on any atom is 0.266 e. The molecule has 0 aliphatic heterocycles. The summed E-state index contributed by atoms with van der Waals surface area (Å²) in [6.45, 7) is 0. The van der Waals surface area contributed by atoms with Crippen LogP contribution < -0.4 is 9.46 Å². The van der Waals surface area contributed by atoms with Crippen molar-refractivity contribution in [3.05, 3.63) is 59.6 Å². The third kappa shape index (κ3) is 3.37. The maximum atomic E-state index is 12.6. The number of sulfonamides is 1. The third-order valence-electron chi connectivity index (χ3n) is 3.32. The summed E-state index contributed by atoms with van der Waals surface area (Å²) in [4.78, 5) is -0.0539. The van der Waals surface area contributed by atoms with E-state index in [9.17, 15) is 8.42 Å². The average Bonchev–Trinajstić information content (AvgIpc) is 3.03. The Hall–Kier alpha value is -2.51. The Bertz CT molecular complexity index is 956. The molecule has 24 heavy (non-hydrogen) atoms. The van der Waals surface area contributed by atoms with Crippen LogP contribution >= 0.6 is 11.6 Å². The predicted octanol–water partition coefficient (Wildman–Crippen LogP) is 3.54. The fourth-order valence-corrected chi connectivity index (χ4v) is 3.62. The second kappa shape index (κ2) is 6.54. The van der Waals surface area contributed by atoms with E-state index in [-0.39, 0.29) is 16.5 Å². The van der Waals surface area contributed by atoms with Gasteiger partial charge in [0, 0.05) is 11.1 Å². The first-order valence-electron chi connectivity index (χ1n) is 6.97. The number of H-pyrrole nitrogens is 1. The number of halogens is 1. The van der Waals surface area contributed by atoms with E-state index in [0.29, 0.717) is 10.7 Å². The lowest BCUT2D eigenvalue weighted by molar-refractivity contribution is 0.403. The molecule has 3 aromatic rings. The van der Waals surface area contributed by atoms with Gasteiger partial charge < -0.3 is 4.74 Å². The van der Waals surface area contributed by atoms with E-state index in [0.717, 1.165) is 5.56 Å². The highest BCUT2D eigenvalue weighted by atomic mass is 35.5. The molecule has 6 nitrogen and oxygen atoms in total. The number of methoxy groups -OCH3 is 1. The number of aromatic amines is 1. The molecule has 3 rings (SSSR count). The molecule has 2 aromatic carbocycles. The number of nitrogens with zero attached hydrogens (tertiary/aromatic N) is 1. The zero-order valence-corrected chi connectivity index (χ0v) is 14.2. The Labute approximate surface area is 144 Å². The third-order valence-corrected chi connectivity index (χ3v) is 4.93. The van der Waals surface area contributed by atoms with E-state index >= 15 is 0 Å². The summed E-state index contributed by atoms with van der Waals surface area (Å²) in [5.74, 6) is 0.376. The van der Waals surface area contributed by atoms with Gasteiger partial charge in [0.25, 0.3) is 10.0 Å². The molecule has 0 saturated heterocycles. The van der Waals surface area contributed by atoms with Gasteiger partial charge >= 0.3 is 0 Å². The number of nitrogens with one attached hydrogen (secondary N) is 2. The highest BCUT2D eigenvalue weighted by molar-refractivity contribution is 7.92. The monoisotopic (exact) mass is 363 g/mol. The molecule has 1 aromatic heterocycles. The molecule has 0 amide bonds. The summed E-state index contributed by atoms with van der Waals surface area (Å²) in [5, 5.41) is 7.09. The molecule has 0 radical (unpaired) electrons. The van der Waals surface area contributed by atoms with E-state index < -0.39 is 10.0 Å². The van der Waals surface area contributed by atoms with Crippen LogP contribution in [0.25, 0.3) is 11.3 Å². The van der Waals surface area contributed by atoms with Gasteiger partial charge in [0.15, 0.2) is 5.82 Å². The highest BCUT2D eigenvalue weighted by Gasteiger charge is 2.21. The summed E-state index contributed by atoms with van der Waals surface area (Å²) in [7, 11) is -2.50.